The quantitative estimate of drug-likeness (QED) is 0.757. The van der Waals surface area contributed by atoms with Crippen molar-refractivity contribution in [3.63, 3.8) is 0 Å². The highest BCUT2D eigenvalue weighted by Crippen LogP contribution is 2.23. The summed E-state index contributed by atoms with van der Waals surface area (Å²) in [5.41, 5.74) is 0. The molecule has 1 saturated heterocycles. The van der Waals surface area contributed by atoms with Gasteiger partial charge in [-0.3, -0.25) is 0 Å². The number of ether oxygens (including phenoxy) is 2. The largest absolute Gasteiger partial charge is 0.381 e. The van der Waals surface area contributed by atoms with E-state index in [2.05, 4.69) is 10.1 Å². The molecule has 1 aliphatic heterocycles. The summed E-state index contributed by atoms with van der Waals surface area (Å²) in [6.07, 6.45) is 1.15. The predicted molar refractivity (Wildman–Crippen MR) is 52.4 cm³/mol. The zero-order valence-electron chi connectivity index (χ0n) is 9.10. The van der Waals surface area contributed by atoms with Gasteiger partial charge >= 0.3 is 0 Å². The van der Waals surface area contributed by atoms with Crippen LogP contribution in [0.4, 0.5) is 0 Å². The van der Waals surface area contributed by atoms with E-state index in [0.717, 1.165) is 13.0 Å². The monoisotopic (exact) mass is 212 g/mol. The van der Waals surface area contributed by atoms with Gasteiger partial charge in [0.25, 0.3) is 0 Å². The molecule has 1 aromatic rings. The van der Waals surface area contributed by atoms with Gasteiger partial charge in [-0.2, -0.15) is 4.98 Å². The molecule has 5 heteroatoms. The van der Waals surface area contributed by atoms with Crippen molar-refractivity contribution in [2.24, 2.45) is 0 Å². The maximum absolute atomic E-state index is 5.39. The molecule has 0 aliphatic carbocycles. The van der Waals surface area contributed by atoms with Gasteiger partial charge in [-0.05, 0) is 20.3 Å². The lowest BCUT2D eigenvalue weighted by Gasteiger charge is -2.02. The fraction of sp³-hybridized carbons (Fsp3) is 0.800. The molecule has 0 amide bonds. The highest BCUT2D eigenvalue weighted by atomic mass is 16.5. The van der Waals surface area contributed by atoms with Crippen LogP contribution in [-0.4, -0.2) is 29.5 Å². The normalized spacial score (nSPS) is 21.4. The molecular formula is C10H16N2O3. The van der Waals surface area contributed by atoms with Crippen LogP contribution in [0.3, 0.4) is 0 Å². The second-order valence-electron chi connectivity index (χ2n) is 3.97. The van der Waals surface area contributed by atoms with Crippen LogP contribution in [0.2, 0.25) is 0 Å². The Kier molecular flexibility index (Phi) is 3.33. The minimum Gasteiger partial charge on any atom is -0.381 e. The molecule has 5 nitrogen and oxygen atoms in total. The molecule has 0 unspecified atom stereocenters. The third-order valence-electron chi connectivity index (χ3n) is 2.31. The van der Waals surface area contributed by atoms with Gasteiger partial charge in [-0.15, -0.1) is 0 Å². The van der Waals surface area contributed by atoms with Crippen LogP contribution in [0.1, 0.15) is 37.9 Å². The molecule has 84 valence electrons. The molecule has 15 heavy (non-hydrogen) atoms. The molecular weight excluding hydrogens is 196 g/mol. The lowest BCUT2D eigenvalue weighted by Crippen LogP contribution is -2.04. The molecule has 1 aromatic heterocycles. The first kappa shape index (κ1) is 10.6. The standard InChI is InChI=1S/C10H16N2O3/c1-7(2)14-6-9-11-10(15-12-9)8-3-4-13-5-8/h7-8H,3-6H2,1-2H3/t8-/m1/s1. The van der Waals surface area contributed by atoms with E-state index in [-0.39, 0.29) is 12.0 Å². The van der Waals surface area contributed by atoms with E-state index < -0.39 is 0 Å². The Balaban J connectivity index is 1.91. The molecule has 1 atom stereocenters. The number of hydrogen-bond acceptors (Lipinski definition) is 5. The first-order chi connectivity index (χ1) is 7.25. The van der Waals surface area contributed by atoms with Crippen LogP contribution >= 0.6 is 0 Å². The summed E-state index contributed by atoms with van der Waals surface area (Å²) < 4.78 is 15.8. The number of hydrogen-bond donors (Lipinski definition) is 0. The second kappa shape index (κ2) is 4.72. The van der Waals surface area contributed by atoms with Crippen molar-refractivity contribution in [3.8, 4) is 0 Å². The Morgan fingerprint density at radius 3 is 3.07 bits per heavy atom. The van der Waals surface area contributed by atoms with Crippen molar-refractivity contribution in [3.05, 3.63) is 11.7 Å². The maximum Gasteiger partial charge on any atom is 0.232 e. The summed E-state index contributed by atoms with van der Waals surface area (Å²) in [6, 6.07) is 0. The van der Waals surface area contributed by atoms with Crippen molar-refractivity contribution in [2.75, 3.05) is 13.2 Å². The van der Waals surface area contributed by atoms with E-state index in [0.29, 0.717) is 24.9 Å². The van der Waals surface area contributed by atoms with E-state index in [1.165, 1.54) is 0 Å². The van der Waals surface area contributed by atoms with Gasteiger partial charge < -0.3 is 14.0 Å². The Hall–Kier alpha value is -0.940. The molecule has 0 spiro atoms. The Bertz CT molecular complexity index is 305. The van der Waals surface area contributed by atoms with Gasteiger partial charge in [0.05, 0.1) is 18.6 Å². The van der Waals surface area contributed by atoms with Crippen LogP contribution in [-0.2, 0) is 16.1 Å². The summed E-state index contributed by atoms with van der Waals surface area (Å²) in [6.45, 7) is 5.84. The van der Waals surface area contributed by atoms with Crippen molar-refractivity contribution in [2.45, 2.75) is 38.9 Å². The zero-order valence-corrected chi connectivity index (χ0v) is 9.10. The molecule has 2 rings (SSSR count). The Morgan fingerprint density at radius 1 is 1.53 bits per heavy atom. The average Bonchev–Trinajstić information content (AvgIpc) is 2.85. The third-order valence-corrected chi connectivity index (χ3v) is 2.31. The summed E-state index contributed by atoms with van der Waals surface area (Å²) in [5, 5.41) is 3.87. The highest BCUT2D eigenvalue weighted by Gasteiger charge is 2.23. The Morgan fingerprint density at radius 2 is 2.40 bits per heavy atom. The van der Waals surface area contributed by atoms with Crippen molar-refractivity contribution >= 4 is 0 Å². The van der Waals surface area contributed by atoms with Gasteiger partial charge in [0.15, 0.2) is 5.82 Å². The summed E-state index contributed by atoms with van der Waals surface area (Å²) in [7, 11) is 0. The third kappa shape index (κ3) is 2.76. The summed E-state index contributed by atoms with van der Waals surface area (Å²) in [4.78, 5) is 4.28. The van der Waals surface area contributed by atoms with E-state index in [1.54, 1.807) is 0 Å². The van der Waals surface area contributed by atoms with E-state index in [1.807, 2.05) is 13.8 Å². The van der Waals surface area contributed by atoms with Crippen molar-refractivity contribution in [1.29, 1.82) is 0 Å². The van der Waals surface area contributed by atoms with Crippen molar-refractivity contribution < 1.29 is 14.0 Å². The highest BCUT2D eigenvalue weighted by molar-refractivity contribution is 4.95. The fourth-order valence-electron chi connectivity index (χ4n) is 1.46. The SMILES string of the molecule is CC(C)OCc1noc([C@@H]2CCOC2)n1. The molecule has 0 bridgehead atoms. The van der Waals surface area contributed by atoms with Crippen LogP contribution in [0.15, 0.2) is 4.52 Å². The van der Waals surface area contributed by atoms with Gasteiger partial charge in [-0.25, -0.2) is 0 Å². The lowest BCUT2D eigenvalue weighted by atomic mass is 10.1. The van der Waals surface area contributed by atoms with E-state index >= 15 is 0 Å². The van der Waals surface area contributed by atoms with E-state index in [4.69, 9.17) is 14.0 Å². The summed E-state index contributed by atoms with van der Waals surface area (Å²) >= 11 is 0. The lowest BCUT2D eigenvalue weighted by molar-refractivity contribution is 0.0601. The molecule has 0 saturated carbocycles. The van der Waals surface area contributed by atoms with Crippen LogP contribution in [0.5, 0.6) is 0 Å². The minimum atomic E-state index is 0.182. The topological polar surface area (TPSA) is 57.4 Å². The van der Waals surface area contributed by atoms with Crippen LogP contribution in [0.25, 0.3) is 0 Å². The van der Waals surface area contributed by atoms with Gasteiger partial charge in [0.1, 0.15) is 6.61 Å². The fourth-order valence-corrected chi connectivity index (χ4v) is 1.46. The van der Waals surface area contributed by atoms with E-state index in [9.17, 15) is 0 Å². The number of nitrogens with zero attached hydrogens (tertiary/aromatic N) is 2. The summed E-state index contributed by atoms with van der Waals surface area (Å²) in [5.74, 6) is 1.56. The van der Waals surface area contributed by atoms with Crippen LogP contribution < -0.4 is 0 Å². The molecule has 1 aliphatic rings. The maximum atomic E-state index is 5.39. The number of rotatable bonds is 4. The number of aromatic nitrogens is 2. The first-order valence-corrected chi connectivity index (χ1v) is 5.27. The second-order valence-corrected chi connectivity index (χ2v) is 3.97. The van der Waals surface area contributed by atoms with Crippen molar-refractivity contribution in [1.82, 2.24) is 10.1 Å². The zero-order chi connectivity index (χ0) is 10.7. The van der Waals surface area contributed by atoms with Gasteiger partial charge in [0, 0.05) is 6.61 Å². The smallest absolute Gasteiger partial charge is 0.232 e. The Labute approximate surface area is 88.8 Å². The minimum absolute atomic E-state index is 0.182. The molecule has 1 fully saturated rings. The van der Waals surface area contributed by atoms with Crippen LogP contribution in [0, 0.1) is 0 Å². The molecule has 0 radical (unpaired) electrons. The van der Waals surface area contributed by atoms with Gasteiger partial charge in [-0.1, -0.05) is 5.16 Å². The molecule has 2 heterocycles. The predicted octanol–water partition coefficient (Wildman–Crippen LogP) is 1.50. The first-order valence-electron chi connectivity index (χ1n) is 5.27. The molecule has 0 aromatic carbocycles. The molecule has 0 N–H and O–H groups in total. The van der Waals surface area contributed by atoms with Gasteiger partial charge in [0.2, 0.25) is 5.89 Å². The average molecular weight is 212 g/mol.